The van der Waals surface area contributed by atoms with Gasteiger partial charge in [-0.3, -0.25) is 9.78 Å². The minimum absolute atomic E-state index is 0. The lowest BCUT2D eigenvalue weighted by molar-refractivity contribution is -0.136. The number of hydrogen-bond donors (Lipinski definition) is 3. The highest BCUT2D eigenvalue weighted by Crippen LogP contribution is 2.33. The third kappa shape index (κ3) is 8.40. The van der Waals surface area contributed by atoms with E-state index in [1.807, 2.05) is 6.92 Å². The number of halogens is 3. The molecule has 4 N–H and O–H groups in total. The number of nitrogens with one attached hydrogen (secondary N) is 1. The maximum absolute atomic E-state index is 10.9. The second kappa shape index (κ2) is 14.6. The van der Waals surface area contributed by atoms with Gasteiger partial charge in [0.15, 0.2) is 0 Å². The first-order chi connectivity index (χ1) is 12.8. The molecule has 0 spiro atoms. The molecular formula is C22H34Cl3N3O2. The lowest BCUT2D eigenvalue weighted by Gasteiger charge is -2.22. The Hall–Kier alpha value is -1.37. The van der Waals surface area contributed by atoms with Crippen molar-refractivity contribution < 1.29 is 9.90 Å². The van der Waals surface area contributed by atoms with Crippen LogP contribution in [-0.2, 0) is 24.2 Å². The molecule has 0 aliphatic heterocycles. The lowest BCUT2D eigenvalue weighted by Crippen LogP contribution is -2.24. The Labute approximate surface area is 198 Å². The van der Waals surface area contributed by atoms with Gasteiger partial charge in [0.1, 0.15) is 0 Å². The topological polar surface area (TPSA) is 88.2 Å². The first-order valence-electron chi connectivity index (χ1n) is 9.54. The molecule has 170 valence electrons. The predicted molar refractivity (Wildman–Crippen MR) is 132 cm³/mol. The van der Waals surface area contributed by atoms with Crippen molar-refractivity contribution in [3.05, 3.63) is 52.3 Å². The Kier molecular flexibility index (Phi) is 15.0. The van der Waals surface area contributed by atoms with Crippen LogP contribution in [-0.4, -0.2) is 29.1 Å². The largest absolute Gasteiger partial charge is 0.480 e. The molecule has 8 heteroatoms. The third-order valence-electron chi connectivity index (χ3n) is 4.61. The number of hydrogen-bond acceptors (Lipinski definition) is 4. The lowest BCUT2D eigenvalue weighted by atomic mass is 9.88. The zero-order valence-electron chi connectivity index (χ0n) is 18.0. The number of carboxylic acids is 1. The second-order valence-electron chi connectivity index (χ2n) is 7.48. The molecule has 0 saturated heterocycles. The maximum Gasteiger partial charge on any atom is 0.317 e. The molecule has 0 atom stereocenters. The molecule has 1 aromatic heterocycles. The van der Waals surface area contributed by atoms with Gasteiger partial charge in [-0.2, -0.15) is 0 Å². The second-order valence-corrected chi connectivity index (χ2v) is 7.48. The van der Waals surface area contributed by atoms with E-state index in [4.69, 9.17) is 15.8 Å². The van der Waals surface area contributed by atoms with Crippen LogP contribution < -0.4 is 11.1 Å². The number of aromatic nitrogens is 1. The Balaban J connectivity index is 0. The summed E-state index contributed by atoms with van der Waals surface area (Å²) in [5, 5.41) is 12.0. The fourth-order valence-corrected chi connectivity index (χ4v) is 3.39. The van der Waals surface area contributed by atoms with Gasteiger partial charge in [0.25, 0.3) is 0 Å². The highest BCUT2D eigenvalue weighted by atomic mass is 35.5. The van der Waals surface area contributed by atoms with Crippen LogP contribution in [0.25, 0.3) is 11.1 Å². The number of carboxylic acid groups (broad SMARTS) is 1. The SMILES string of the molecule is Cc1ccc(-c2c(CNCC(=O)O)c(C)nc(CC(C)C)c2CCN)cc1.Cl.Cl.Cl. The Morgan fingerprint density at radius 1 is 1.10 bits per heavy atom. The van der Waals surface area contributed by atoms with E-state index in [0.29, 0.717) is 19.0 Å². The zero-order valence-corrected chi connectivity index (χ0v) is 20.5. The summed E-state index contributed by atoms with van der Waals surface area (Å²) in [5.74, 6) is -0.369. The monoisotopic (exact) mass is 477 g/mol. The van der Waals surface area contributed by atoms with Crippen molar-refractivity contribution in [3.8, 4) is 11.1 Å². The number of aryl methyl sites for hydroxylation is 2. The quantitative estimate of drug-likeness (QED) is 0.493. The van der Waals surface area contributed by atoms with E-state index in [9.17, 15) is 4.79 Å². The molecule has 30 heavy (non-hydrogen) atoms. The Morgan fingerprint density at radius 2 is 1.70 bits per heavy atom. The molecule has 0 fully saturated rings. The molecule has 2 aromatic rings. The van der Waals surface area contributed by atoms with Crippen LogP contribution >= 0.6 is 37.2 Å². The van der Waals surface area contributed by atoms with Crippen molar-refractivity contribution in [2.24, 2.45) is 11.7 Å². The number of benzene rings is 1. The van der Waals surface area contributed by atoms with Gasteiger partial charge >= 0.3 is 5.97 Å². The van der Waals surface area contributed by atoms with Gasteiger partial charge in [-0.1, -0.05) is 43.7 Å². The van der Waals surface area contributed by atoms with Gasteiger partial charge in [-0.25, -0.2) is 0 Å². The molecule has 0 aliphatic rings. The fraction of sp³-hybridized carbons (Fsp3) is 0.455. The van der Waals surface area contributed by atoms with Gasteiger partial charge < -0.3 is 16.2 Å². The molecule has 0 aliphatic carbocycles. The van der Waals surface area contributed by atoms with Crippen molar-refractivity contribution in [2.75, 3.05) is 13.1 Å². The van der Waals surface area contributed by atoms with Crippen LogP contribution in [0.2, 0.25) is 0 Å². The van der Waals surface area contributed by atoms with Crippen molar-refractivity contribution >= 4 is 43.2 Å². The molecule has 0 bridgehead atoms. The molecule has 2 rings (SSSR count). The van der Waals surface area contributed by atoms with Gasteiger partial charge in [-0.05, 0) is 61.4 Å². The summed E-state index contributed by atoms with van der Waals surface area (Å²) in [6.07, 6.45) is 1.66. The Bertz CT molecular complexity index is 797. The van der Waals surface area contributed by atoms with E-state index in [0.717, 1.165) is 40.9 Å². The molecular weight excluding hydrogens is 445 g/mol. The Morgan fingerprint density at radius 3 is 2.20 bits per heavy atom. The molecule has 0 radical (unpaired) electrons. The average molecular weight is 479 g/mol. The molecule has 0 unspecified atom stereocenters. The summed E-state index contributed by atoms with van der Waals surface area (Å²) in [6.45, 7) is 9.40. The van der Waals surface area contributed by atoms with Gasteiger partial charge in [0.2, 0.25) is 0 Å². The minimum Gasteiger partial charge on any atom is -0.480 e. The van der Waals surface area contributed by atoms with Gasteiger partial charge in [-0.15, -0.1) is 37.2 Å². The number of carbonyl (C=O) groups is 1. The number of aliphatic carboxylic acids is 1. The highest BCUT2D eigenvalue weighted by molar-refractivity contribution is 5.86. The highest BCUT2D eigenvalue weighted by Gasteiger charge is 2.19. The molecule has 1 aromatic carbocycles. The normalized spacial score (nSPS) is 10.1. The molecule has 1 heterocycles. The summed E-state index contributed by atoms with van der Waals surface area (Å²) in [7, 11) is 0. The van der Waals surface area contributed by atoms with Crippen LogP contribution in [0, 0.1) is 19.8 Å². The summed E-state index contributed by atoms with van der Waals surface area (Å²) in [4.78, 5) is 15.8. The van der Waals surface area contributed by atoms with Crippen molar-refractivity contribution in [1.29, 1.82) is 0 Å². The van der Waals surface area contributed by atoms with Crippen LogP contribution in [0.1, 0.15) is 41.9 Å². The molecule has 5 nitrogen and oxygen atoms in total. The standard InChI is InChI=1S/C22H31N3O2.3ClH/c1-14(2)11-20-18(9-10-23)22(17-7-5-15(3)6-8-17)19(16(4)25-20)12-24-13-21(26)27;;;/h5-8,14,24H,9-13,23H2,1-4H3,(H,26,27);3*1H. The van der Waals surface area contributed by atoms with Crippen molar-refractivity contribution in [1.82, 2.24) is 10.3 Å². The summed E-state index contributed by atoms with van der Waals surface area (Å²) >= 11 is 0. The van der Waals surface area contributed by atoms with Crippen LogP contribution in [0.5, 0.6) is 0 Å². The smallest absolute Gasteiger partial charge is 0.317 e. The van der Waals surface area contributed by atoms with Crippen molar-refractivity contribution in [3.63, 3.8) is 0 Å². The third-order valence-corrected chi connectivity index (χ3v) is 4.61. The zero-order chi connectivity index (χ0) is 20.0. The van der Waals surface area contributed by atoms with Crippen LogP contribution in [0.4, 0.5) is 0 Å². The van der Waals surface area contributed by atoms with Gasteiger partial charge in [0.05, 0.1) is 6.54 Å². The summed E-state index contributed by atoms with van der Waals surface area (Å²) in [5.41, 5.74) is 13.7. The van der Waals surface area contributed by atoms with E-state index < -0.39 is 5.97 Å². The first kappa shape index (κ1) is 30.8. The molecule has 0 amide bonds. The van der Waals surface area contributed by atoms with Crippen molar-refractivity contribution in [2.45, 2.75) is 47.1 Å². The van der Waals surface area contributed by atoms with E-state index in [1.54, 1.807) is 0 Å². The number of nitrogens with two attached hydrogens (primary N) is 1. The molecule has 0 saturated carbocycles. The van der Waals surface area contributed by atoms with E-state index in [1.165, 1.54) is 11.1 Å². The minimum atomic E-state index is -0.865. The summed E-state index contributed by atoms with van der Waals surface area (Å²) in [6, 6.07) is 8.47. The number of rotatable bonds is 9. The summed E-state index contributed by atoms with van der Waals surface area (Å²) < 4.78 is 0. The van der Waals surface area contributed by atoms with E-state index in [2.05, 4.69) is 50.4 Å². The average Bonchev–Trinajstić information content (AvgIpc) is 2.59. The van der Waals surface area contributed by atoms with E-state index >= 15 is 0 Å². The maximum atomic E-state index is 10.9. The van der Waals surface area contributed by atoms with E-state index in [-0.39, 0.29) is 43.8 Å². The van der Waals surface area contributed by atoms with Crippen LogP contribution in [0.15, 0.2) is 24.3 Å². The first-order valence-corrected chi connectivity index (χ1v) is 9.54. The number of nitrogens with zero attached hydrogens (tertiary/aromatic N) is 1. The van der Waals surface area contributed by atoms with Crippen LogP contribution in [0.3, 0.4) is 0 Å². The number of pyridine rings is 1. The fourth-order valence-electron chi connectivity index (χ4n) is 3.39. The predicted octanol–water partition coefficient (Wildman–Crippen LogP) is 4.50. The van der Waals surface area contributed by atoms with Gasteiger partial charge in [0, 0.05) is 17.9 Å².